The quantitative estimate of drug-likeness (QED) is 0.315. The molecule has 0 aromatic heterocycles. The number of fused-ring (bicyclic) bond motifs is 5. The summed E-state index contributed by atoms with van der Waals surface area (Å²) >= 11 is 0. The van der Waals surface area contributed by atoms with E-state index < -0.39 is 39.5 Å². The van der Waals surface area contributed by atoms with Crippen LogP contribution in [0.2, 0.25) is 37.8 Å². The molecule has 4 aliphatic carbocycles. The van der Waals surface area contributed by atoms with Gasteiger partial charge in [-0.15, -0.1) is 0 Å². The summed E-state index contributed by atoms with van der Waals surface area (Å²) in [4.78, 5) is 0. The Morgan fingerprint density at radius 2 is 1.53 bits per heavy atom. The van der Waals surface area contributed by atoms with Crippen LogP contribution >= 0.6 is 0 Å². The Hall–Kier alpha value is -0.0262. The molecule has 5 nitrogen and oxygen atoms in total. The summed E-state index contributed by atoms with van der Waals surface area (Å²) in [7, 11) is -4.38. The van der Waals surface area contributed by atoms with E-state index in [1.807, 2.05) is 6.08 Å². The van der Waals surface area contributed by atoms with Gasteiger partial charge >= 0.3 is 0 Å². The summed E-state index contributed by atoms with van der Waals surface area (Å²) in [6, 6.07) is 0. The normalized spacial score (nSPS) is 48.4. The summed E-state index contributed by atoms with van der Waals surface area (Å²) in [5.41, 5.74) is -2.66. The minimum Gasteiger partial charge on any atom is -0.413 e. The summed E-state index contributed by atoms with van der Waals surface area (Å²) < 4.78 is 14.7. The highest BCUT2D eigenvalue weighted by Gasteiger charge is 2.77. The fourth-order valence-electron chi connectivity index (χ4n) is 8.21. The maximum absolute atomic E-state index is 12.4. The summed E-state index contributed by atoms with van der Waals surface area (Å²) in [5.74, 6) is 0.774. The van der Waals surface area contributed by atoms with Crippen molar-refractivity contribution in [2.75, 3.05) is 0 Å². The van der Waals surface area contributed by atoms with Crippen LogP contribution in [-0.4, -0.2) is 61.0 Å². The Balaban J connectivity index is 2.03. The third-order valence-electron chi connectivity index (χ3n) is 10.9. The van der Waals surface area contributed by atoms with Crippen molar-refractivity contribution in [1.82, 2.24) is 0 Å². The van der Waals surface area contributed by atoms with Crippen LogP contribution in [0.25, 0.3) is 0 Å². The molecule has 4 rings (SSSR count). The number of aliphatic hydroxyl groups excluding tert-OH is 1. The summed E-state index contributed by atoms with van der Waals surface area (Å²) in [6.07, 6.45) is 1.67. The van der Waals surface area contributed by atoms with E-state index in [0.717, 1.165) is 12.0 Å². The van der Waals surface area contributed by atoms with E-state index in [-0.39, 0.29) is 40.7 Å². The largest absolute Gasteiger partial charge is 0.413 e. The lowest BCUT2D eigenvalue weighted by Crippen LogP contribution is -2.62. The molecule has 0 heterocycles. The smallest absolute Gasteiger partial charge is 0.192 e. The zero-order chi connectivity index (χ0) is 27.7. The maximum atomic E-state index is 12.4. The Bertz CT molecular complexity index is 929. The standard InChI is InChI=1S/C29H54O5Si2/c1-17-14-19-21(26(19,6)7)22-23(33-36(12,13)25(3,4)5)18(2)24(30)28(32)16-27(8,31)15-20(28)29(17,22)34-35(9,10)11/h15,17-19,21-24,30-32H,14,16H2,1-13H3/t17-,18+,19-,21-,22-,23-,24-,27-,28+,29+/m1/s1. The monoisotopic (exact) mass is 538 g/mol. The zero-order valence-electron chi connectivity index (χ0n) is 25.2. The van der Waals surface area contributed by atoms with Crippen LogP contribution in [0.3, 0.4) is 0 Å². The Kier molecular flexibility index (Phi) is 6.45. The first-order valence-corrected chi connectivity index (χ1v) is 20.5. The van der Waals surface area contributed by atoms with Crippen molar-refractivity contribution in [3.05, 3.63) is 11.6 Å². The topological polar surface area (TPSA) is 79.2 Å². The van der Waals surface area contributed by atoms with E-state index in [2.05, 4.69) is 81.2 Å². The van der Waals surface area contributed by atoms with Crippen molar-refractivity contribution in [3.8, 4) is 0 Å². The first kappa shape index (κ1) is 29.0. The summed E-state index contributed by atoms with van der Waals surface area (Å²) in [6.45, 7) is 28.9. The van der Waals surface area contributed by atoms with Gasteiger partial charge in [0.15, 0.2) is 16.6 Å². The highest BCUT2D eigenvalue weighted by Crippen LogP contribution is 2.75. The Labute approximate surface area is 222 Å². The van der Waals surface area contributed by atoms with Gasteiger partial charge in [0.1, 0.15) is 5.60 Å². The molecule has 0 amide bonds. The van der Waals surface area contributed by atoms with Crippen molar-refractivity contribution < 1.29 is 24.2 Å². The molecule has 3 fully saturated rings. The van der Waals surface area contributed by atoms with Crippen LogP contribution in [0.5, 0.6) is 0 Å². The summed E-state index contributed by atoms with van der Waals surface area (Å²) in [5, 5.41) is 35.7. The van der Waals surface area contributed by atoms with Gasteiger partial charge in [-0.05, 0) is 85.9 Å². The second-order valence-corrected chi connectivity index (χ2v) is 25.5. The molecule has 3 N–H and O–H groups in total. The fourth-order valence-corrected chi connectivity index (χ4v) is 11.1. The zero-order valence-corrected chi connectivity index (χ0v) is 27.2. The van der Waals surface area contributed by atoms with Crippen LogP contribution in [0.4, 0.5) is 0 Å². The Morgan fingerprint density at radius 3 is 2.03 bits per heavy atom. The molecule has 0 aromatic rings. The third kappa shape index (κ3) is 4.10. The Morgan fingerprint density at radius 1 is 0.972 bits per heavy atom. The lowest BCUT2D eigenvalue weighted by atomic mass is 9.62. The molecular weight excluding hydrogens is 484 g/mol. The molecule has 0 saturated heterocycles. The van der Waals surface area contributed by atoms with Gasteiger partial charge in [0.2, 0.25) is 0 Å². The van der Waals surface area contributed by atoms with Crippen LogP contribution in [0, 0.1) is 35.0 Å². The van der Waals surface area contributed by atoms with Crippen molar-refractivity contribution in [2.24, 2.45) is 35.0 Å². The predicted molar refractivity (Wildman–Crippen MR) is 151 cm³/mol. The molecule has 0 radical (unpaired) electrons. The van der Waals surface area contributed by atoms with Gasteiger partial charge < -0.3 is 24.2 Å². The van der Waals surface area contributed by atoms with Crippen molar-refractivity contribution in [1.29, 1.82) is 0 Å². The molecule has 0 aromatic carbocycles. The van der Waals surface area contributed by atoms with E-state index in [1.54, 1.807) is 6.92 Å². The molecule has 0 spiro atoms. The fraction of sp³-hybridized carbons (Fsp3) is 0.931. The molecule has 208 valence electrons. The first-order valence-electron chi connectivity index (χ1n) is 14.2. The van der Waals surface area contributed by atoms with Crippen LogP contribution in [0.1, 0.15) is 68.2 Å². The second-order valence-electron chi connectivity index (χ2n) is 16.3. The molecule has 0 bridgehead atoms. The minimum absolute atomic E-state index is 0.000856. The number of rotatable bonds is 4. The van der Waals surface area contributed by atoms with E-state index >= 15 is 0 Å². The van der Waals surface area contributed by atoms with Crippen LogP contribution in [-0.2, 0) is 8.85 Å². The van der Waals surface area contributed by atoms with Crippen molar-refractivity contribution in [2.45, 2.75) is 135 Å². The van der Waals surface area contributed by atoms with Crippen molar-refractivity contribution in [3.63, 3.8) is 0 Å². The van der Waals surface area contributed by atoms with E-state index in [4.69, 9.17) is 8.85 Å². The SMILES string of the molecule is C[C@H]1[C@@H](O[Si](C)(C)C(C)(C)C)[C@H]2[C@H]3[C@@H](C[C@@H](C)[C@]2(O[Si](C)(C)C)C2=C[C@@](C)(O)C[C@@]2(O)[C@@H]1O)C3(C)C. The van der Waals surface area contributed by atoms with E-state index in [9.17, 15) is 15.3 Å². The average Bonchev–Trinajstić information content (AvgIpc) is 3.08. The van der Waals surface area contributed by atoms with Crippen LogP contribution < -0.4 is 0 Å². The molecule has 3 saturated carbocycles. The van der Waals surface area contributed by atoms with Gasteiger partial charge in [-0.3, -0.25) is 0 Å². The number of hydrogen-bond acceptors (Lipinski definition) is 5. The molecule has 7 heteroatoms. The number of hydrogen-bond donors (Lipinski definition) is 3. The molecule has 0 unspecified atom stereocenters. The molecular formula is C29H54O5Si2. The van der Waals surface area contributed by atoms with Gasteiger partial charge in [0.25, 0.3) is 0 Å². The average molecular weight is 539 g/mol. The van der Waals surface area contributed by atoms with Gasteiger partial charge in [0, 0.05) is 18.3 Å². The lowest BCUT2D eigenvalue weighted by Gasteiger charge is -2.56. The lowest BCUT2D eigenvalue weighted by molar-refractivity contribution is -0.108. The predicted octanol–water partition coefficient (Wildman–Crippen LogP) is 5.72. The van der Waals surface area contributed by atoms with Gasteiger partial charge in [-0.1, -0.05) is 48.5 Å². The van der Waals surface area contributed by atoms with E-state index in [1.165, 1.54) is 0 Å². The third-order valence-corrected chi connectivity index (χ3v) is 16.3. The van der Waals surface area contributed by atoms with Gasteiger partial charge in [-0.2, -0.15) is 0 Å². The molecule has 10 atom stereocenters. The maximum Gasteiger partial charge on any atom is 0.192 e. The van der Waals surface area contributed by atoms with Gasteiger partial charge in [0.05, 0.1) is 23.4 Å². The second kappa shape index (κ2) is 8.01. The minimum atomic E-state index is -2.23. The van der Waals surface area contributed by atoms with Crippen molar-refractivity contribution >= 4 is 16.6 Å². The highest BCUT2D eigenvalue weighted by atomic mass is 28.4. The number of aliphatic hydroxyl groups is 3. The van der Waals surface area contributed by atoms with E-state index in [0.29, 0.717) is 11.8 Å². The highest BCUT2D eigenvalue weighted by molar-refractivity contribution is 6.74. The first-order chi connectivity index (χ1) is 15.9. The molecule has 0 aliphatic heterocycles. The van der Waals surface area contributed by atoms with Crippen LogP contribution in [0.15, 0.2) is 11.6 Å². The molecule has 4 aliphatic rings. The van der Waals surface area contributed by atoms with Gasteiger partial charge in [-0.25, -0.2) is 0 Å². The molecule has 36 heavy (non-hydrogen) atoms.